The zero-order valence-corrected chi connectivity index (χ0v) is 16.4. The number of benzene rings is 2. The van der Waals surface area contributed by atoms with E-state index in [1.165, 1.54) is 11.3 Å². The van der Waals surface area contributed by atoms with E-state index >= 15 is 0 Å². The summed E-state index contributed by atoms with van der Waals surface area (Å²) in [6, 6.07) is 15.2. The Labute approximate surface area is 162 Å². The zero-order chi connectivity index (χ0) is 18.9. The molecule has 26 heavy (non-hydrogen) atoms. The summed E-state index contributed by atoms with van der Waals surface area (Å²) in [6.07, 6.45) is 1.97. The molecule has 2 aromatic carbocycles. The van der Waals surface area contributed by atoms with Crippen molar-refractivity contribution in [3.05, 3.63) is 65.9 Å². The smallest absolute Gasteiger partial charge is 0.288 e. The number of hydrogen-bond acceptors (Lipinski definition) is 3. The summed E-state index contributed by atoms with van der Waals surface area (Å²) < 4.78 is 24.8. The van der Waals surface area contributed by atoms with Crippen LogP contribution in [-0.4, -0.2) is 17.8 Å². The Kier molecular flexibility index (Phi) is 5.34. The van der Waals surface area contributed by atoms with E-state index in [0.717, 1.165) is 11.4 Å². The van der Waals surface area contributed by atoms with Crippen molar-refractivity contribution < 1.29 is 8.78 Å². The molecule has 0 aliphatic carbocycles. The average molecular weight is 391 g/mol. The molecule has 0 aromatic heterocycles. The Balaban J connectivity index is 1.77. The highest BCUT2D eigenvalue weighted by Crippen LogP contribution is 2.46. The average Bonchev–Trinajstić information content (AvgIpc) is 2.78. The van der Waals surface area contributed by atoms with Crippen molar-refractivity contribution in [2.75, 3.05) is 17.3 Å². The molecule has 1 aliphatic rings. The molecule has 1 aliphatic heterocycles. The predicted octanol–water partition coefficient (Wildman–Crippen LogP) is 6.05. The summed E-state index contributed by atoms with van der Waals surface area (Å²) in [5.41, 5.74) is 4.20. The van der Waals surface area contributed by atoms with Gasteiger partial charge in [0.05, 0.1) is 0 Å². The van der Waals surface area contributed by atoms with E-state index in [0.29, 0.717) is 21.6 Å². The molecule has 0 spiro atoms. The van der Waals surface area contributed by atoms with Gasteiger partial charge in [-0.15, -0.1) is 0 Å². The van der Waals surface area contributed by atoms with Crippen LogP contribution in [-0.2, 0) is 5.41 Å². The maximum Gasteiger partial charge on any atom is 0.288 e. The van der Waals surface area contributed by atoms with Crippen LogP contribution in [0.2, 0.25) is 0 Å². The van der Waals surface area contributed by atoms with Crippen LogP contribution in [0.1, 0.15) is 19.4 Å². The molecule has 136 valence electrons. The first-order valence-electron chi connectivity index (χ1n) is 8.20. The first-order chi connectivity index (χ1) is 12.3. The summed E-state index contributed by atoms with van der Waals surface area (Å²) in [7, 11) is 2.04. The Morgan fingerprint density at radius 3 is 2.42 bits per heavy atom. The molecule has 2 nitrogen and oxygen atoms in total. The standard InChI is InChI=1S/C20H20F2N2S2/c1-20(2)15-6-4-5-7-16(15)24(3)17(20)12-18(25)23-13-8-10-14(11-9-13)26-19(21)22/h4-12,19H,1-3H3,(H,23,25)/b17-12-. The normalized spacial score (nSPS) is 16.8. The number of fused-ring (bicyclic) bond motifs is 1. The highest BCUT2D eigenvalue weighted by atomic mass is 32.2. The number of hydrogen-bond donors (Lipinski definition) is 1. The molecule has 0 amide bonds. The lowest BCUT2D eigenvalue weighted by Crippen LogP contribution is -2.24. The number of anilines is 2. The van der Waals surface area contributed by atoms with Crippen molar-refractivity contribution >= 4 is 40.3 Å². The Morgan fingerprint density at radius 1 is 1.15 bits per heavy atom. The van der Waals surface area contributed by atoms with Gasteiger partial charge in [-0.05, 0) is 42.0 Å². The van der Waals surface area contributed by atoms with Gasteiger partial charge in [0.25, 0.3) is 5.76 Å². The molecule has 0 bridgehead atoms. The van der Waals surface area contributed by atoms with Crippen LogP contribution >= 0.6 is 24.0 Å². The summed E-state index contributed by atoms with van der Waals surface area (Å²) in [4.78, 5) is 3.27. The molecule has 6 heteroatoms. The van der Waals surface area contributed by atoms with Gasteiger partial charge in [-0.2, -0.15) is 8.78 Å². The van der Waals surface area contributed by atoms with Crippen molar-refractivity contribution in [1.29, 1.82) is 0 Å². The summed E-state index contributed by atoms with van der Waals surface area (Å²) >= 11 is 6.04. The molecule has 0 atom stereocenters. The predicted molar refractivity (Wildman–Crippen MR) is 110 cm³/mol. The fraction of sp³-hybridized carbons (Fsp3) is 0.250. The monoisotopic (exact) mass is 390 g/mol. The number of thioether (sulfide) groups is 1. The van der Waals surface area contributed by atoms with Gasteiger partial charge < -0.3 is 10.2 Å². The van der Waals surface area contributed by atoms with Crippen LogP contribution in [0.25, 0.3) is 0 Å². The highest BCUT2D eigenvalue weighted by Gasteiger charge is 2.38. The van der Waals surface area contributed by atoms with Crippen molar-refractivity contribution in [1.82, 2.24) is 0 Å². The third kappa shape index (κ3) is 3.76. The first-order valence-corrected chi connectivity index (χ1v) is 9.49. The number of halogens is 2. The number of para-hydroxylation sites is 1. The van der Waals surface area contributed by atoms with E-state index in [1.807, 2.05) is 25.3 Å². The largest absolute Gasteiger partial charge is 0.347 e. The van der Waals surface area contributed by atoms with E-state index in [1.54, 1.807) is 24.3 Å². The van der Waals surface area contributed by atoms with Crippen LogP contribution < -0.4 is 10.2 Å². The molecule has 0 fully saturated rings. The minimum atomic E-state index is -2.42. The topological polar surface area (TPSA) is 15.3 Å². The van der Waals surface area contributed by atoms with Crippen LogP contribution in [0.5, 0.6) is 0 Å². The van der Waals surface area contributed by atoms with E-state index in [2.05, 4.69) is 36.2 Å². The van der Waals surface area contributed by atoms with E-state index in [4.69, 9.17) is 12.2 Å². The van der Waals surface area contributed by atoms with E-state index in [-0.39, 0.29) is 5.41 Å². The van der Waals surface area contributed by atoms with Crippen molar-refractivity contribution in [2.24, 2.45) is 0 Å². The van der Waals surface area contributed by atoms with Crippen LogP contribution in [0.3, 0.4) is 0 Å². The van der Waals surface area contributed by atoms with Gasteiger partial charge in [0, 0.05) is 34.4 Å². The van der Waals surface area contributed by atoms with Crippen molar-refractivity contribution in [2.45, 2.75) is 29.9 Å². The molecular weight excluding hydrogens is 370 g/mol. The van der Waals surface area contributed by atoms with Gasteiger partial charge in [-0.1, -0.05) is 56.0 Å². The molecular formula is C20H20F2N2S2. The lowest BCUT2D eigenvalue weighted by atomic mass is 9.84. The Morgan fingerprint density at radius 2 is 1.81 bits per heavy atom. The molecule has 0 saturated carbocycles. The van der Waals surface area contributed by atoms with Gasteiger partial charge in [0.15, 0.2) is 0 Å². The molecule has 0 saturated heterocycles. The van der Waals surface area contributed by atoms with Gasteiger partial charge in [-0.25, -0.2) is 0 Å². The second-order valence-electron chi connectivity index (χ2n) is 6.62. The fourth-order valence-electron chi connectivity index (χ4n) is 3.28. The number of allylic oxidation sites excluding steroid dienone is 1. The molecule has 3 rings (SSSR count). The number of thiocarbonyl (C=S) groups is 1. The second kappa shape index (κ2) is 7.37. The quantitative estimate of drug-likeness (QED) is 0.388. The van der Waals surface area contributed by atoms with E-state index < -0.39 is 5.76 Å². The summed E-state index contributed by atoms with van der Waals surface area (Å²) in [6.45, 7) is 4.36. The number of nitrogens with zero attached hydrogens (tertiary/aromatic N) is 1. The van der Waals surface area contributed by atoms with Crippen molar-refractivity contribution in [3.8, 4) is 0 Å². The number of likely N-dealkylation sites (N-methyl/N-ethyl adjacent to an activating group) is 1. The molecule has 0 radical (unpaired) electrons. The summed E-state index contributed by atoms with van der Waals surface area (Å²) in [5, 5.41) is 3.17. The SMILES string of the molecule is CN1/C(=C\C(=S)Nc2ccc(SC(F)F)cc2)C(C)(C)c2ccccc21. The molecule has 0 unspecified atom stereocenters. The van der Waals surface area contributed by atoms with E-state index in [9.17, 15) is 8.78 Å². The molecule has 2 aromatic rings. The van der Waals surface area contributed by atoms with Gasteiger partial charge in [0.1, 0.15) is 4.99 Å². The highest BCUT2D eigenvalue weighted by molar-refractivity contribution is 7.99. The van der Waals surface area contributed by atoms with Crippen LogP contribution in [0.15, 0.2) is 65.2 Å². The number of nitrogens with one attached hydrogen (secondary N) is 1. The first kappa shape index (κ1) is 18.9. The lowest BCUT2D eigenvalue weighted by molar-refractivity contribution is 0.252. The Bertz CT molecular complexity index is 845. The second-order valence-corrected chi connectivity index (χ2v) is 8.13. The van der Waals surface area contributed by atoms with Crippen LogP contribution in [0.4, 0.5) is 20.2 Å². The Hall–Kier alpha value is -1.92. The minimum Gasteiger partial charge on any atom is -0.347 e. The summed E-state index contributed by atoms with van der Waals surface area (Å²) in [5.74, 6) is -2.42. The maximum absolute atomic E-state index is 12.4. The number of rotatable bonds is 4. The fourth-order valence-corrected chi connectivity index (χ4v) is 4.01. The third-order valence-electron chi connectivity index (χ3n) is 4.56. The van der Waals surface area contributed by atoms with Gasteiger partial charge >= 0.3 is 0 Å². The molecule has 1 heterocycles. The van der Waals surface area contributed by atoms with Crippen LogP contribution in [0, 0.1) is 0 Å². The number of alkyl halides is 2. The van der Waals surface area contributed by atoms with Gasteiger partial charge in [0.2, 0.25) is 0 Å². The molecule has 1 N–H and O–H groups in total. The zero-order valence-electron chi connectivity index (χ0n) is 14.8. The maximum atomic E-state index is 12.4. The van der Waals surface area contributed by atoms with Gasteiger partial charge in [-0.3, -0.25) is 0 Å². The minimum absolute atomic E-state index is 0.144. The third-order valence-corrected chi connectivity index (χ3v) is 5.50. The lowest BCUT2D eigenvalue weighted by Gasteiger charge is -2.24. The van der Waals surface area contributed by atoms with Crippen molar-refractivity contribution in [3.63, 3.8) is 0 Å².